The zero-order chi connectivity index (χ0) is 12.8. The van der Waals surface area contributed by atoms with Gasteiger partial charge < -0.3 is 14.9 Å². The highest BCUT2D eigenvalue weighted by molar-refractivity contribution is 7.81. The molecule has 0 fully saturated rings. The molecule has 0 aliphatic carbocycles. The molecule has 0 aromatic heterocycles. The molecule has 2 N–H and O–H groups in total. The zero-order valence-corrected chi connectivity index (χ0v) is 11.3. The van der Waals surface area contributed by atoms with Gasteiger partial charge >= 0.3 is 0 Å². The summed E-state index contributed by atoms with van der Waals surface area (Å²) in [5, 5.41) is 18.5. The van der Waals surface area contributed by atoms with Crippen molar-refractivity contribution in [1.82, 2.24) is 0 Å². The monoisotopic (exact) mass is 246 g/mol. The summed E-state index contributed by atoms with van der Waals surface area (Å²) in [4.78, 5) is 0. The topological polar surface area (TPSA) is 49.7 Å². The van der Waals surface area contributed by atoms with Crippen LogP contribution in [0.3, 0.4) is 0 Å². The van der Waals surface area contributed by atoms with Crippen LogP contribution in [0.4, 0.5) is 0 Å². The maximum atomic E-state index is 9.47. The van der Waals surface area contributed by atoms with Gasteiger partial charge in [-0.3, -0.25) is 0 Å². The van der Waals surface area contributed by atoms with E-state index < -0.39 is 5.60 Å². The second kappa shape index (κ2) is 7.18. The normalized spacial score (nSPS) is 17.2. The second-order valence-corrected chi connectivity index (χ2v) is 5.31. The Labute approximate surface area is 104 Å². The van der Waals surface area contributed by atoms with E-state index in [0.29, 0.717) is 13.0 Å². The molecule has 94 valence electrons. The molecular weight excluding hydrogens is 224 g/mol. The molecule has 0 amide bonds. The summed E-state index contributed by atoms with van der Waals surface area (Å²) in [5.74, 6) is 5.56. The maximum Gasteiger partial charge on any atom is 0.129 e. The number of ether oxygens (including phenoxy) is 1. The Hall–Kier alpha value is -0.210. The van der Waals surface area contributed by atoms with Crippen molar-refractivity contribution in [2.45, 2.75) is 57.2 Å². The minimum atomic E-state index is -1.02. The highest BCUT2D eigenvalue weighted by atomic mass is 32.1. The molecule has 0 saturated heterocycles. The quantitative estimate of drug-likeness (QED) is 0.505. The largest absolute Gasteiger partial charge is 0.393 e. The third-order valence-corrected chi connectivity index (χ3v) is 2.06. The summed E-state index contributed by atoms with van der Waals surface area (Å²) in [6.45, 7) is 7.28. The van der Waals surface area contributed by atoms with Crippen molar-refractivity contribution in [3.63, 3.8) is 0 Å². The lowest BCUT2D eigenvalue weighted by atomic mass is 10.1. The highest BCUT2D eigenvalue weighted by Gasteiger charge is 2.13. The van der Waals surface area contributed by atoms with E-state index in [-0.39, 0.29) is 17.5 Å². The maximum absolute atomic E-state index is 9.47. The average Bonchev–Trinajstić information content (AvgIpc) is 2.07. The SMILES string of the molecule is C[C@@H](O)CCO[C@H](C#CC(C)(C)O)[C@@H](C)S. The van der Waals surface area contributed by atoms with Crippen molar-refractivity contribution in [3.8, 4) is 11.8 Å². The highest BCUT2D eigenvalue weighted by Crippen LogP contribution is 2.07. The van der Waals surface area contributed by atoms with E-state index >= 15 is 0 Å². The van der Waals surface area contributed by atoms with E-state index in [1.54, 1.807) is 20.8 Å². The first-order valence-electron chi connectivity index (χ1n) is 5.45. The molecule has 0 aliphatic heterocycles. The van der Waals surface area contributed by atoms with Crippen LogP contribution in [0.25, 0.3) is 0 Å². The number of thiol groups is 1. The molecule has 4 heteroatoms. The van der Waals surface area contributed by atoms with E-state index in [2.05, 4.69) is 24.5 Å². The molecule has 0 aromatic rings. The third-order valence-electron chi connectivity index (χ3n) is 1.79. The van der Waals surface area contributed by atoms with Gasteiger partial charge in [0.05, 0.1) is 12.7 Å². The van der Waals surface area contributed by atoms with Gasteiger partial charge in [-0.25, -0.2) is 0 Å². The van der Waals surface area contributed by atoms with Gasteiger partial charge in [-0.1, -0.05) is 18.8 Å². The zero-order valence-electron chi connectivity index (χ0n) is 10.4. The van der Waals surface area contributed by atoms with Gasteiger partial charge in [-0.05, 0) is 27.2 Å². The van der Waals surface area contributed by atoms with E-state index in [1.165, 1.54) is 0 Å². The fourth-order valence-corrected chi connectivity index (χ4v) is 1.08. The molecule has 0 unspecified atom stereocenters. The van der Waals surface area contributed by atoms with Gasteiger partial charge in [0.2, 0.25) is 0 Å². The minimum Gasteiger partial charge on any atom is -0.393 e. The first-order chi connectivity index (χ1) is 7.22. The van der Waals surface area contributed by atoms with E-state index in [9.17, 15) is 5.11 Å². The van der Waals surface area contributed by atoms with Crippen LogP contribution in [0, 0.1) is 11.8 Å². The van der Waals surface area contributed by atoms with Crippen LogP contribution in [0.2, 0.25) is 0 Å². The number of hydrogen-bond acceptors (Lipinski definition) is 4. The number of aliphatic hydroxyl groups excluding tert-OH is 1. The van der Waals surface area contributed by atoms with Crippen LogP contribution in [0.5, 0.6) is 0 Å². The molecular formula is C12H22O3S. The predicted octanol–water partition coefficient (Wildman–Crippen LogP) is 1.24. The van der Waals surface area contributed by atoms with Crippen LogP contribution in [0.1, 0.15) is 34.1 Å². The Morgan fingerprint density at radius 3 is 2.31 bits per heavy atom. The first kappa shape index (κ1) is 15.8. The lowest BCUT2D eigenvalue weighted by Crippen LogP contribution is -2.24. The van der Waals surface area contributed by atoms with Crippen LogP contribution >= 0.6 is 12.6 Å². The molecule has 0 saturated carbocycles. The fraction of sp³-hybridized carbons (Fsp3) is 0.833. The Kier molecular flexibility index (Phi) is 7.09. The van der Waals surface area contributed by atoms with Gasteiger partial charge in [0.1, 0.15) is 11.7 Å². The summed E-state index contributed by atoms with van der Waals surface area (Å²) in [6.07, 6.45) is -0.132. The van der Waals surface area contributed by atoms with Gasteiger partial charge in [-0.15, -0.1) is 0 Å². The Bertz CT molecular complexity index is 245. The Morgan fingerprint density at radius 2 is 1.94 bits per heavy atom. The summed E-state index contributed by atoms with van der Waals surface area (Å²) < 4.78 is 5.49. The molecule has 0 aliphatic rings. The van der Waals surface area contributed by atoms with Gasteiger partial charge in [-0.2, -0.15) is 12.6 Å². The predicted molar refractivity (Wildman–Crippen MR) is 68.6 cm³/mol. The number of aliphatic hydroxyl groups is 2. The lowest BCUT2D eigenvalue weighted by molar-refractivity contribution is 0.0610. The van der Waals surface area contributed by atoms with E-state index in [1.807, 2.05) is 6.92 Å². The number of rotatable bonds is 5. The first-order valence-corrected chi connectivity index (χ1v) is 5.97. The molecule has 3 nitrogen and oxygen atoms in total. The summed E-state index contributed by atoms with van der Waals surface area (Å²) in [6, 6.07) is 0. The van der Waals surface area contributed by atoms with Crippen molar-refractivity contribution >= 4 is 12.6 Å². The van der Waals surface area contributed by atoms with Gasteiger partial charge in [0.25, 0.3) is 0 Å². The van der Waals surface area contributed by atoms with Crippen LogP contribution < -0.4 is 0 Å². The van der Waals surface area contributed by atoms with E-state index in [0.717, 1.165) is 0 Å². The lowest BCUT2D eigenvalue weighted by Gasteiger charge is -2.17. The average molecular weight is 246 g/mol. The Morgan fingerprint density at radius 1 is 1.38 bits per heavy atom. The molecule has 0 aromatic carbocycles. The van der Waals surface area contributed by atoms with Gasteiger partial charge in [0.15, 0.2) is 0 Å². The smallest absolute Gasteiger partial charge is 0.129 e. The number of hydrogen-bond donors (Lipinski definition) is 3. The van der Waals surface area contributed by atoms with Crippen LogP contribution in [0.15, 0.2) is 0 Å². The van der Waals surface area contributed by atoms with E-state index in [4.69, 9.17) is 9.84 Å². The summed E-state index contributed by atoms with van der Waals surface area (Å²) in [7, 11) is 0. The fourth-order valence-electron chi connectivity index (χ4n) is 0.915. The molecule has 0 spiro atoms. The third kappa shape index (κ3) is 9.05. The molecule has 0 rings (SSSR count). The van der Waals surface area contributed by atoms with Crippen LogP contribution in [-0.2, 0) is 4.74 Å². The molecule has 0 radical (unpaired) electrons. The Balaban J connectivity index is 4.22. The molecule has 3 atom stereocenters. The molecule has 16 heavy (non-hydrogen) atoms. The second-order valence-electron chi connectivity index (χ2n) is 4.50. The summed E-state index contributed by atoms with van der Waals surface area (Å²) in [5.41, 5.74) is -1.02. The molecule has 0 heterocycles. The molecule has 0 bridgehead atoms. The van der Waals surface area contributed by atoms with Crippen molar-refractivity contribution in [2.24, 2.45) is 0 Å². The van der Waals surface area contributed by atoms with Crippen molar-refractivity contribution in [1.29, 1.82) is 0 Å². The van der Waals surface area contributed by atoms with Crippen LogP contribution in [-0.4, -0.2) is 39.9 Å². The van der Waals surface area contributed by atoms with Gasteiger partial charge in [0, 0.05) is 5.25 Å². The summed E-state index contributed by atoms with van der Waals surface area (Å²) >= 11 is 4.28. The van der Waals surface area contributed by atoms with Crippen molar-refractivity contribution < 1.29 is 14.9 Å². The minimum absolute atomic E-state index is 0.0381. The van der Waals surface area contributed by atoms with Crippen molar-refractivity contribution in [2.75, 3.05) is 6.61 Å². The van der Waals surface area contributed by atoms with Crippen molar-refractivity contribution in [3.05, 3.63) is 0 Å². The standard InChI is InChI=1S/C12H22O3S/c1-9(13)6-8-15-11(10(2)16)5-7-12(3,4)14/h9-11,13-14,16H,6,8H2,1-4H3/t9-,10-,11-/m1/s1.